The molecule has 0 aromatic carbocycles. The van der Waals surface area contributed by atoms with Crippen molar-refractivity contribution in [3.05, 3.63) is 22.4 Å². The summed E-state index contributed by atoms with van der Waals surface area (Å²) in [6.07, 6.45) is -3.52. The van der Waals surface area contributed by atoms with Crippen molar-refractivity contribution in [2.24, 2.45) is 4.99 Å². The Hall–Kier alpha value is -1.28. The van der Waals surface area contributed by atoms with Crippen LogP contribution < -0.4 is 10.6 Å². The minimum atomic E-state index is -4.14. The molecular weight excluding hydrogens is 337 g/mol. The lowest BCUT2D eigenvalue weighted by molar-refractivity contribution is -0.143. The van der Waals surface area contributed by atoms with Gasteiger partial charge in [0.25, 0.3) is 0 Å². The maximum Gasteiger partial charge on any atom is 0.401 e. The Morgan fingerprint density at radius 3 is 2.71 bits per heavy atom. The third-order valence-corrected chi connectivity index (χ3v) is 4.46. The lowest BCUT2D eigenvalue weighted by atomic mass is 10.1. The zero-order valence-electron chi connectivity index (χ0n) is 14.5. The molecule has 1 unspecified atom stereocenters. The Kier molecular flexibility index (Phi) is 9.13. The molecule has 2 N–H and O–H groups in total. The monoisotopic (exact) mass is 364 g/mol. The summed E-state index contributed by atoms with van der Waals surface area (Å²) in [4.78, 5) is 7.13. The fourth-order valence-electron chi connectivity index (χ4n) is 2.17. The molecule has 1 rings (SSSR count). The predicted octanol–water partition coefficient (Wildman–Crippen LogP) is 3.29. The molecule has 0 radical (unpaired) electrons. The number of guanidine groups is 1. The number of halogens is 3. The van der Waals surface area contributed by atoms with Crippen LogP contribution in [0.3, 0.4) is 0 Å². The normalized spacial score (nSPS) is 14.0. The summed E-state index contributed by atoms with van der Waals surface area (Å²) >= 11 is 1.72. The van der Waals surface area contributed by atoms with E-state index in [4.69, 9.17) is 0 Å². The van der Waals surface area contributed by atoms with Crippen molar-refractivity contribution in [3.63, 3.8) is 0 Å². The van der Waals surface area contributed by atoms with Gasteiger partial charge in [-0.1, -0.05) is 13.0 Å². The summed E-state index contributed by atoms with van der Waals surface area (Å²) in [5, 5.41) is 8.38. The van der Waals surface area contributed by atoms with E-state index in [2.05, 4.69) is 34.0 Å². The third-order valence-electron chi connectivity index (χ3n) is 3.35. The van der Waals surface area contributed by atoms with E-state index >= 15 is 0 Å². The fourth-order valence-corrected chi connectivity index (χ4v) is 2.95. The largest absolute Gasteiger partial charge is 0.401 e. The molecule has 1 heterocycles. The zero-order chi connectivity index (χ0) is 18.0. The molecule has 4 nitrogen and oxygen atoms in total. The van der Waals surface area contributed by atoms with Crippen LogP contribution in [-0.4, -0.2) is 56.8 Å². The van der Waals surface area contributed by atoms with Gasteiger partial charge in [0.2, 0.25) is 0 Å². The van der Waals surface area contributed by atoms with Crippen molar-refractivity contribution in [1.82, 2.24) is 15.5 Å². The number of thiophene rings is 1. The highest BCUT2D eigenvalue weighted by molar-refractivity contribution is 7.10. The number of alkyl halides is 3. The minimum absolute atomic E-state index is 0.346. The van der Waals surface area contributed by atoms with Gasteiger partial charge in [-0.3, -0.25) is 9.89 Å². The summed E-state index contributed by atoms with van der Waals surface area (Å²) in [6.45, 7) is 5.62. The molecular formula is C16H27F3N4S. The first-order valence-electron chi connectivity index (χ1n) is 8.12. The van der Waals surface area contributed by atoms with Gasteiger partial charge in [0.05, 0.1) is 13.1 Å². The van der Waals surface area contributed by atoms with Crippen molar-refractivity contribution in [3.8, 4) is 0 Å². The Bertz CT molecular complexity index is 474. The van der Waals surface area contributed by atoms with Crippen LogP contribution in [0.15, 0.2) is 22.5 Å². The van der Waals surface area contributed by atoms with Gasteiger partial charge in [-0.25, -0.2) is 0 Å². The second-order valence-electron chi connectivity index (χ2n) is 5.77. The summed E-state index contributed by atoms with van der Waals surface area (Å²) in [5.41, 5.74) is 0. The molecule has 0 amide bonds. The van der Waals surface area contributed by atoms with E-state index in [0.717, 1.165) is 6.54 Å². The molecule has 24 heavy (non-hydrogen) atoms. The first-order valence-corrected chi connectivity index (χ1v) is 9.00. The average Bonchev–Trinajstić information content (AvgIpc) is 3.01. The van der Waals surface area contributed by atoms with Crippen molar-refractivity contribution in [2.75, 3.05) is 39.8 Å². The third kappa shape index (κ3) is 9.12. The highest BCUT2D eigenvalue weighted by atomic mass is 32.1. The first kappa shape index (κ1) is 20.8. The van der Waals surface area contributed by atoms with Crippen molar-refractivity contribution in [2.45, 2.75) is 32.4 Å². The van der Waals surface area contributed by atoms with E-state index < -0.39 is 12.7 Å². The van der Waals surface area contributed by atoms with Crippen LogP contribution in [0.1, 0.15) is 31.1 Å². The van der Waals surface area contributed by atoms with E-state index in [-0.39, 0.29) is 0 Å². The summed E-state index contributed by atoms with van der Waals surface area (Å²) in [7, 11) is 1.48. The van der Waals surface area contributed by atoms with Gasteiger partial charge in [-0.05, 0) is 38.4 Å². The molecule has 0 aliphatic heterocycles. The number of aliphatic imine (C=N–C) groups is 1. The van der Waals surface area contributed by atoms with E-state index in [0.29, 0.717) is 37.9 Å². The van der Waals surface area contributed by atoms with Crippen LogP contribution >= 0.6 is 11.3 Å². The maximum absolute atomic E-state index is 12.3. The molecule has 0 spiro atoms. The predicted molar refractivity (Wildman–Crippen MR) is 94.9 cm³/mol. The standard InChI is InChI=1S/C16H27F3N4S/c1-4-20-15(22-11-13(2)14-7-5-10-24-14)21-8-6-9-23(3)12-16(17,18)19/h5,7,10,13H,4,6,8-9,11-12H2,1-3H3,(H2,20,21,22). The van der Waals surface area contributed by atoms with Crippen LogP contribution in [0.25, 0.3) is 0 Å². The van der Waals surface area contributed by atoms with Gasteiger partial charge in [0.15, 0.2) is 5.96 Å². The Morgan fingerprint density at radius 1 is 1.38 bits per heavy atom. The zero-order valence-corrected chi connectivity index (χ0v) is 15.3. The Labute approximate surface area is 146 Å². The fraction of sp³-hybridized carbons (Fsp3) is 0.688. The molecule has 1 atom stereocenters. The number of hydrogen-bond acceptors (Lipinski definition) is 3. The molecule has 0 aliphatic rings. The molecule has 0 bridgehead atoms. The van der Waals surface area contributed by atoms with Crippen LogP contribution in [-0.2, 0) is 0 Å². The van der Waals surface area contributed by atoms with E-state index in [9.17, 15) is 13.2 Å². The van der Waals surface area contributed by atoms with Gasteiger partial charge < -0.3 is 10.6 Å². The lowest BCUT2D eigenvalue weighted by Crippen LogP contribution is -2.39. The molecule has 0 aliphatic carbocycles. The molecule has 1 aromatic rings. The number of rotatable bonds is 9. The van der Waals surface area contributed by atoms with Gasteiger partial charge in [0.1, 0.15) is 0 Å². The van der Waals surface area contributed by atoms with Gasteiger partial charge >= 0.3 is 6.18 Å². The average molecular weight is 364 g/mol. The highest BCUT2D eigenvalue weighted by Gasteiger charge is 2.28. The van der Waals surface area contributed by atoms with Gasteiger partial charge in [-0.2, -0.15) is 13.2 Å². The smallest absolute Gasteiger partial charge is 0.357 e. The molecule has 0 saturated carbocycles. The van der Waals surface area contributed by atoms with Crippen LogP contribution in [0.4, 0.5) is 13.2 Å². The maximum atomic E-state index is 12.3. The molecule has 0 fully saturated rings. The Balaban J connectivity index is 2.33. The van der Waals surface area contributed by atoms with E-state index in [1.54, 1.807) is 11.3 Å². The second-order valence-corrected chi connectivity index (χ2v) is 6.75. The quantitative estimate of drug-likeness (QED) is 0.401. The summed E-state index contributed by atoms with van der Waals surface area (Å²) in [5.74, 6) is 1.05. The topological polar surface area (TPSA) is 39.7 Å². The van der Waals surface area contributed by atoms with Gasteiger partial charge in [-0.15, -0.1) is 11.3 Å². The van der Waals surface area contributed by atoms with Crippen LogP contribution in [0, 0.1) is 0 Å². The van der Waals surface area contributed by atoms with Crippen molar-refractivity contribution >= 4 is 17.3 Å². The molecule has 138 valence electrons. The second kappa shape index (κ2) is 10.6. The first-order chi connectivity index (χ1) is 11.3. The van der Waals surface area contributed by atoms with Gasteiger partial charge in [0, 0.05) is 23.9 Å². The summed E-state index contributed by atoms with van der Waals surface area (Å²) in [6, 6.07) is 4.13. The summed E-state index contributed by atoms with van der Waals surface area (Å²) < 4.78 is 36.8. The SMILES string of the molecule is CCNC(=NCC(C)c1cccs1)NCCCN(C)CC(F)(F)F. The van der Waals surface area contributed by atoms with E-state index in [1.165, 1.54) is 16.8 Å². The number of nitrogens with zero attached hydrogens (tertiary/aromatic N) is 2. The van der Waals surface area contributed by atoms with Crippen molar-refractivity contribution < 1.29 is 13.2 Å². The molecule has 0 saturated heterocycles. The highest BCUT2D eigenvalue weighted by Crippen LogP contribution is 2.20. The van der Waals surface area contributed by atoms with Crippen LogP contribution in [0.5, 0.6) is 0 Å². The van der Waals surface area contributed by atoms with Crippen molar-refractivity contribution in [1.29, 1.82) is 0 Å². The molecule has 8 heteroatoms. The molecule has 1 aromatic heterocycles. The van der Waals surface area contributed by atoms with Crippen LogP contribution in [0.2, 0.25) is 0 Å². The Morgan fingerprint density at radius 2 is 2.12 bits per heavy atom. The number of hydrogen-bond donors (Lipinski definition) is 2. The number of nitrogens with one attached hydrogen (secondary N) is 2. The lowest BCUT2D eigenvalue weighted by Gasteiger charge is -2.19. The minimum Gasteiger partial charge on any atom is -0.357 e. The van der Waals surface area contributed by atoms with E-state index in [1.807, 2.05) is 13.0 Å².